The van der Waals surface area contributed by atoms with Crippen molar-refractivity contribution in [1.82, 2.24) is 4.90 Å². The molecule has 0 spiro atoms. The van der Waals surface area contributed by atoms with Crippen molar-refractivity contribution in [3.8, 4) is 0 Å². The van der Waals surface area contributed by atoms with Crippen LogP contribution in [-0.2, 0) is 4.79 Å². The van der Waals surface area contributed by atoms with Gasteiger partial charge < -0.3 is 5.11 Å². The first-order valence-electron chi connectivity index (χ1n) is 7.65. The molecule has 1 aromatic rings. The monoisotopic (exact) mass is 309 g/mol. The molecule has 1 N–H and O–H groups in total. The Balaban J connectivity index is 2.22. The minimum absolute atomic E-state index is 0.180. The van der Waals surface area contributed by atoms with Crippen LogP contribution in [0.5, 0.6) is 0 Å². The molecule has 1 atom stereocenters. The molecule has 0 aliphatic heterocycles. The molecule has 1 aromatic carbocycles. The van der Waals surface area contributed by atoms with E-state index < -0.39 is 5.97 Å². The van der Waals surface area contributed by atoms with E-state index in [2.05, 4.69) is 18.9 Å². The molecule has 0 heterocycles. The second-order valence-corrected chi connectivity index (χ2v) is 6.63. The minimum Gasteiger partial charge on any atom is -0.481 e. The highest BCUT2D eigenvalue weighted by atomic mass is 35.5. The van der Waals surface area contributed by atoms with Crippen molar-refractivity contribution in [2.24, 2.45) is 0 Å². The van der Waals surface area contributed by atoms with E-state index in [-0.39, 0.29) is 18.0 Å². The van der Waals surface area contributed by atoms with Gasteiger partial charge >= 0.3 is 5.97 Å². The van der Waals surface area contributed by atoms with Crippen molar-refractivity contribution >= 4 is 17.6 Å². The Morgan fingerprint density at radius 2 is 1.86 bits per heavy atom. The fourth-order valence-corrected chi connectivity index (χ4v) is 3.65. The summed E-state index contributed by atoms with van der Waals surface area (Å²) in [6, 6.07) is 8.03. The molecule has 2 rings (SSSR count). The Kier molecular flexibility index (Phi) is 5.28. The number of carboxylic acid groups (broad SMARTS) is 1. The zero-order valence-corrected chi connectivity index (χ0v) is 13.6. The summed E-state index contributed by atoms with van der Waals surface area (Å²) >= 11 is 5.95. The van der Waals surface area contributed by atoms with Gasteiger partial charge in [-0.2, -0.15) is 0 Å². The number of aliphatic carboxylic acids is 1. The van der Waals surface area contributed by atoms with Crippen LogP contribution in [0.2, 0.25) is 5.02 Å². The van der Waals surface area contributed by atoms with Crippen LogP contribution in [0.3, 0.4) is 0 Å². The molecule has 0 amide bonds. The molecule has 0 aromatic heterocycles. The van der Waals surface area contributed by atoms with Crippen LogP contribution in [0.25, 0.3) is 0 Å². The standard InChI is InChI=1S/C17H24ClNO2/c1-13(14-6-8-15(18)9-7-14)19(2)17(12-16(20)21)10-4-3-5-11-17/h6-9,13H,3-5,10-12H2,1-2H3,(H,20,21). The number of benzene rings is 1. The number of carbonyl (C=O) groups is 1. The SMILES string of the molecule is CC(c1ccc(Cl)cc1)N(C)C1(CC(=O)O)CCCCC1. The fraction of sp³-hybridized carbons (Fsp3) is 0.588. The maximum atomic E-state index is 11.3. The molecule has 1 fully saturated rings. The minimum atomic E-state index is -0.702. The van der Waals surface area contributed by atoms with E-state index in [1.165, 1.54) is 12.0 Å². The Morgan fingerprint density at radius 1 is 1.29 bits per heavy atom. The molecular formula is C17H24ClNO2. The van der Waals surface area contributed by atoms with Gasteiger partial charge in [0.15, 0.2) is 0 Å². The van der Waals surface area contributed by atoms with Gasteiger partial charge in [-0.15, -0.1) is 0 Å². The highest BCUT2D eigenvalue weighted by molar-refractivity contribution is 6.30. The zero-order valence-electron chi connectivity index (χ0n) is 12.8. The molecule has 21 heavy (non-hydrogen) atoms. The maximum Gasteiger partial charge on any atom is 0.305 e. The normalized spacial score (nSPS) is 19.4. The van der Waals surface area contributed by atoms with Gasteiger partial charge in [0.05, 0.1) is 6.42 Å². The van der Waals surface area contributed by atoms with Gasteiger partial charge in [0.25, 0.3) is 0 Å². The van der Waals surface area contributed by atoms with E-state index in [1.807, 2.05) is 24.3 Å². The Bertz CT molecular complexity index is 480. The predicted octanol–water partition coefficient (Wildman–Crippen LogP) is 4.51. The summed E-state index contributed by atoms with van der Waals surface area (Å²) in [5.41, 5.74) is 0.959. The topological polar surface area (TPSA) is 40.5 Å². The Morgan fingerprint density at radius 3 is 2.38 bits per heavy atom. The predicted molar refractivity (Wildman–Crippen MR) is 85.7 cm³/mol. The Hall–Kier alpha value is -1.06. The zero-order chi connectivity index (χ0) is 15.5. The highest BCUT2D eigenvalue weighted by Gasteiger charge is 2.40. The number of hydrogen-bond donors (Lipinski definition) is 1. The molecule has 0 saturated heterocycles. The van der Waals surface area contributed by atoms with E-state index in [1.54, 1.807) is 0 Å². The van der Waals surface area contributed by atoms with Gasteiger partial charge in [0.2, 0.25) is 0 Å². The van der Waals surface area contributed by atoms with Crippen molar-refractivity contribution in [2.45, 2.75) is 57.0 Å². The van der Waals surface area contributed by atoms with Crippen LogP contribution in [0, 0.1) is 0 Å². The van der Waals surface area contributed by atoms with Gasteiger partial charge in [-0.1, -0.05) is 43.0 Å². The van der Waals surface area contributed by atoms with Crippen molar-refractivity contribution in [3.05, 3.63) is 34.9 Å². The molecule has 1 saturated carbocycles. The van der Waals surface area contributed by atoms with Crippen LogP contribution in [-0.4, -0.2) is 28.6 Å². The molecule has 1 unspecified atom stereocenters. The summed E-state index contributed by atoms with van der Waals surface area (Å²) in [4.78, 5) is 13.6. The average Bonchev–Trinajstić information content (AvgIpc) is 2.47. The van der Waals surface area contributed by atoms with Crippen LogP contribution < -0.4 is 0 Å². The smallest absolute Gasteiger partial charge is 0.305 e. The number of nitrogens with zero attached hydrogens (tertiary/aromatic N) is 1. The summed E-state index contributed by atoms with van der Waals surface area (Å²) < 4.78 is 0. The quantitative estimate of drug-likeness (QED) is 0.870. The first-order valence-corrected chi connectivity index (χ1v) is 8.03. The van der Waals surface area contributed by atoms with Gasteiger partial charge in [-0.25, -0.2) is 0 Å². The Labute approximate surface area is 131 Å². The number of carboxylic acids is 1. The lowest BCUT2D eigenvalue weighted by Gasteiger charge is -2.47. The molecule has 3 nitrogen and oxygen atoms in total. The van der Waals surface area contributed by atoms with Gasteiger partial charge in [-0.05, 0) is 44.5 Å². The van der Waals surface area contributed by atoms with E-state index in [0.29, 0.717) is 0 Å². The van der Waals surface area contributed by atoms with Crippen LogP contribution in [0.15, 0.2) is 24.3 Å². The van der Waals surface area contributed by atoms with Gasteiger partial charge in [0, 0.05) is 16.6 Å². The van der Waals surface area contributed by atoms with Crippen molar-refractivity contribution < 1.29 is 9.90 Å². The van der Waals surface area contributed by atoms with Crippen molar-refractivity contribution in [1.29, 1.82) is 0 Å². The lowest BCUT2D eigenvalue weighted by Crippen LogP contribution is -2.50. The third-order valence-corrected chi connectivity index (χ3v) is 5.20. The lowest BCUT2D eigenvalue weighted by atomic mass is 9.77. The molecular weight excluding hydrogens is 286 g/mol. The summed E-state index contributed by atoms with van der Waals surface area (Å²) in [7, 11) is 2.06. The van der Waals surface area contributed by atoms with E-state index in [9.17, 15) is 9.90 Å². The van der Waals surface area contributed by atoms with E-state index in [0.717, 1.165) is 30.7 Å². The number of halogens is 1. The number of rotatable bonds is 5. The second kappa shape index (κ2) is 6.80. The van der Waals surface area contributed by atoms with E-state index >= 15 is 0 Å². The molecule has 0 bridgehead atoms. The van der Waals surface area contributed by atoms with Crippen molar-refractivity contribution in [2.75, 3.05) is 7.05 Å². The second-order valence-electron chi connectivity index (χ2n) is 6.19. The summed E-state index contributed by atoms with van der Waals surface area (Å²) in [6.07, 6.45) is 5.60. The molecule has 0 radical (unpaired) electrons. The van der Waals surface area contributed by atoms with Crippen LogP contribution >= 0.6 is 11.6 Å². The maximum absolute atomic E-state index is 11.3. The number of hydrogen-bond acceptors (Lipinski definition) is 2. The highest BCUT2D eigenvalue weighted by Crippen LogP contribution is 2.40. The van der Waals surface area contributed by atoms with Crippen LogP contribution in [0.1, 0.15) is 57.1 Å². The summed E-state index contributed by atoms with van der Waals surface area (Å²) in [5, 5.41) is 10.1. The molecule has 1 aliphatic rings. The first kappa shape index (κ1) is 16.3. The van der Waals surface area contributed by atoms with E-state index in [4.69, 9.17) is 11.6 Å². The third kappa shape index (κ3) is 3.78. The largest absolute Gasteiger partial charge is 0.481 e. The average molecular weight is 310 g/mol. The molecule has 116 valence electrons. The van der Waals surface area contributed by atoms with Crippen molar-refractivity contribution in [3.63, 3.8) is 0 Å². The summed E-state index contributed by atoms with van der Waals surface area (Å²) in [5.74, 6) is -0.702. The lowest BCUT2D eigenvalue weighted by molar-refractivity contribution is -0.141. The molecule has 1 aliphatic carbocycles. The summed E-state index contributed by atoms with van der Waals surface area (Å²) in [6.45, 7) is 2.14. The first-order chi connectivity index (χ1) is 9.94. The van der Waals surface area contributed by atoms with Gasteiger partial charge in [-0.3, -0.25) is 9.69 Å². The van der Waals surface area contributed by atoms with Crippen LogP contribution in [0.4, 0.5) is 0 Å². The fourth-order valence-electron chi connectivity index (χ4n) is 3.52. The third-order valence-electron chi connectivity index (χ3n) is 4.95. The molecule has 4 heteroatoms. The van der Waals surface area contributed by atoms with Gasteiger partial charge in [0.1, 0.15) is 0 Å².